The number of aromatic nitrogens is 1. The van der Waals surface area contributed by atoms with Crippen molar-refractivity contribution in [3.8, 4) is 5.75 Å². The molecule has 0 radical (unpaired) electrons. The Labute approximate surface area is 199 Å². The number of imide groups is 1. The second-order valence-electron chi connectivity index (χ2n) is 8.79. The van der Waals surface area contributed by atoms with Gasteiger partial charge in [-0.25, -0.2) is 4.98 Å². The van der Waals surface area contributed by atoms with Gasteiger partial charge in [0.2, 0.25) is 11.8 Å². The molecule has 3 aliphatic heterocycles. The first-order valence-corrected chi connectivity index (χ1v) is 11.1. The fraction of sp³-hybridized carbons (Fsp3) is 0.240. The molecule has 1 saturated heterocycles. The fourth-order valence-electron chi connectivity index (χ4n) is 4.79. The van der Waals surface area contributed by atoms with Crippen LogP contribution >= 0.6 is 0 Å². The largest absolute Gasteiger partial charge is 0.497 e. The molecule has 0 saturated carbocycles. The van der Waals surface area contributed by atoms with Crippen LogP contribution in [0.5, 0.6) is 5.75 Å². The van der Waals surface area contributed by atoms with Crippen LogP contribution < -0.4 is 15.4 Å². The van der Waals surface area contributed by atoms with Crippen LogP contribution in [0, 0.1) is 0 Å². The van der Waals surface area contributed by atoms with Gasteiger partial charge < -0.3 is 19.4 Å². The molecule has 1 fully saturated rings. The van der Waals surface area contributed by atoms with Crippen LogP contribution in [0.15, 0.2) is 57.6 Å². The van der Waals surface area contributed by atoms with Crippen LogP contribution in [-0.2, 0) is 21.5 Å². The molecule has 1 aromatic carbocycles. The average Bonchev–Trinajstić information content (AvgIpc) is 3.62. The third kappa shape index (κ3) is 3.45. The van der Waals surface area contributed by atoms with Crippen LogP contribution in [0.1, 0.15) is 28.1 Å². The summed E-state index contributed by atoms with van der Waals surface area (Å²) in [4.78, 5) is 48.9. The first-order chi connectivity index (χ1) is 16.9. The van der Waals surface area contributed by atoms with Crippen molar-refractivity contribution in [3.05, 3.63) is 65.1 Å². The summed E-state index contributed by atoms with van der Waals surface area (Å²) in [6, 6.07) is 10.5. The molecular formula is C25H21N5O5. The zero-order chi connectivity index (χ0) is 24.2. The van der Waals surface area contributed by atoms with Crippen molar-refractivity contribution in [1.82, 2.24) is 15.2 Å². The minimum Gasteiger partial charge on any atom is -0.497 e. The molecule has 10 heteroatoms. The van der Waals surface area contributed by atoms with Gasteiger partial charge in [-0.3, -0.25) is 24.7 Å². The van der Waals surface area contributed by atoms with Gasteiger partial charge in [0.15, 0.2) is 5.58 Å². The van der Waals surface area contributed by atoms with Crippen LogP contribution in [0.25, 0.3) is 11.1 Å². The zero-order valence-corrected chi connectivity index (χ0v) is 18.8. The zero-order valence-electron chi connectivity index (χ0n) is 18.8. The number of aliphatic imine (C=N–C) groups is 1. The van der Waals surface area contributed by atoms with E-state index in [1.54, 1.807) is 41.4 Å². The monoisotopic (exact) mass is 471 g/mol. The van der Waals surface area contributed by atoms with Gasteiger partial charge in [-0.05, 0) is 35.9 Å². The minimum atomic E-state index is -1.35. The third-order valence-corrected chi connectivity index (χ3v) is 6.57. The summed E-state index contributed by atoms with van der Waals surface area (Å²) in [6.07, 6.45) is 3.55. The summed E-state index contributed by atoms with van der Waals surface area (Å²) in [7, 11) is 1.54. The van der Waals surface area contributed by atoms with Gasteiger partial charge in [-0.1, -0.05) is 6.07 Å². The summed E-state index contributed by atoms with van der Waals surface area (Å²) in [5.41, 5.74) is 1.87. The van der Waals surface area contributed by atoms with E-state index < -0.39 is 17.2 Å². The maximum atomic E-state index is 13.2. The quantitative estimate of drug-likeness (QED) is 0.528. The lowest BCUT2D eigenvalue weighted by Crippen LogP contribution is -2.46. The second kappa shape index (κ2) is 7.79. The molecule has 35 heavy (non-hydrogen) atoms. The highest BCUT2D eigenvalue weighted by molar-refractivity contribution is 6.10. The molecule has 10 nitrogen and oxygen atoms in total. The third-order valence-electron chi connectivity index (χ3n) is 6.57. The molecule has 6 rings (SSSR count). The Balaban J connectivity index is 1.34. The number of hydrogen-bond donors (Lipinski definition) is 2. The maximum Gasteiger partial charge on any atom is 0.254 e. The topological polar surface area (TPSA) is 126 Å². The number of allylic oxidation sites excluding steroid dienone is 1. The number of carbonyl (C=O) groups is 3. The normalized spacial score (nSPS) is 21.0. The molecular weight excluding hydrogens is 450 g/mol. The van der Waals surface area contributed by atoms with Crippen molar-refractivity contribution in [3.63, 3.8) is 0 Å². The fourth-order valence-corrected chi connectivity index (χ4v) is 4.79. The van der Waals surface area contributed by atoms with Gasteiger partial charge >= 0.3 is 0 Å². The van der Waals surface area contributed by atoms with E-state index in [1.165, 1.54) is 7.11 Å². The predicted molar refractivity (Wildman–Crippen MR) is 126 cm³/mol. The molecule has 2 aromatic heterocycles. The molecule has 1 atom stereocenters. The lowest BCUT2D eigenvalue weighted by atomic mass is 9.82. The number of pyridine rings is 1. The number of carbonyl (C=O) groups excluding carboxylic acids is 3. The summed E-state index contributed by atoms with van der Waals surface area (Å²) < 4.78 is 11.3. The van der Waals surface area contributed by atoms with E-state index in [4.69, 9.17) is 9.15 Å². The smallest absolute Gasteiger partial charge is 0.254 e. The number of nitrogens with one attached hydrogen (secondary N) is 2. The summed E-state index contributed by atoms with van der Waals surface area (Å²) in [5.74, 6) is 0.346. The Bertz CT molecular complexity index is 1470. The number of furan rings is 1. The van der Waals surface area contributed by atoms with E-state index in [-0.39, 0.29) is 18.9 Å². The Morgan fingerprint density at radius 2 is 2.09 bits per heavy atom. The average molecular weight is 471 g/mol. The number of rotatable bonds is 6. The SMILES string of the molecule is COc1ccc2c(c1)C(=O)N(C[C@@]1(c3cc4nc(NC5=CCN=C5)ccc4o3)CC(=O)NC1=O)C2. The summed E-state index contributed by atoms with van der Waals surface area (Å²) >= 11 is 0. The van der Waals surface area contributed by atoms with Crippen LogP contribution in [-0.4, -0.2) is 54.0 Å². The first-order valence-electron chi connectivity index (χ1n) is 11.1. The van der Waals surface area contributed by atoms with E-state index in [1.807, 2.05) is 12.1 Å². The molecule has 0 aliphatic carbocycles. The Morgan fingerprint density at radius 1 is 1.20 bits per heavy atom. The van der Waals surface area contributed by atoms with E-state index in [9.17, 15) is 14.4 Å². The Kier molecular flexibility index (Phi) is 4.70. The van der Waals surface area contributed by atoms with Gasteiger partial charge in [-0.15, -0.1) is 0 Å². The van der Waals surface area contributed by atoms with Gasteiger partial charge in [0.1, 0.15) is 28.3 Å². The maximum absolute atomic E-state index is 13.2. The van der Waals surface area contributed by atoms with Crippen molar-refractivity contribution in [2.24, 2.45) is 4.99 Å². The number of benzene rings is 1. The van der Waals surface area contributed by atoms with Crippen molar-refractivity contribution in [2.45, 2.75) is 18.4 Å². The summed E-state index contributed by atoms with van der Waals surface area (Å²) in [5, 5.41) is 5.57. The van der Waals surface area contributed by atoms with E-state index in [0.29, 0.717) is 47.1 Å². The van der Waals surface area contributed by atoms with Crippen LogP contribution in [0.2, 0.25) is 0 Å². The number of nitrogens with zero attached hydrogens (tertiary/aromatic N) is 3. The second-order valence-corrected chi connectivity index (χ2v) is 8.79. The molecule has 2 N–H and O–H groups in total. The highest BCUT2D eigenvalue weighted by atomic mass is 16.5. The number of methoxy groups -OCH3 is 1. The standard InChI is InChI=1S/C25H21N5O5/c1-34-16-3-2-14-12-30(23(32)17(14)8-16)13-25(10-22(31)29-24(25)33)20-9-18-19(35-20)4-5-21(28-18)27-15-6-7-26-11-15/h2-6,8-9,11H,7,10,12-13H2,1H3,(H,27,28)(H,29,31,33)/t25-/m1/s1. The molecule has 0 unspecified atom stereocenters. The molecule has 0 bridgehead atoms. The van der Waals surface area contributed by atoms with E-state index in [2.05, 4.69) is 20.6 Å². The molecule has 176 valence electrons. The lowest BCUT2D eigenvalue weighted by molar-refractivity contribution is -0.127. The number of amides is 3. The van der Waals surface area contributed by atoms with Crippen molar-refractivity contribution >= 4 is 40.9 Å². The van der Waals surface area contributed by atoms with Gasteiger partial charge in [0.25, 0.3) is 5.91 Å². The Hall–Kier alpha value is -4.47. The summed E-state index contributed by atoms with van der Waals surface area (Å²) in [6.45, 7) is 0.942. The van der Waals surface area contributed by atoms with Gasteiger partial charge in [-0.2, -0.15) is 0 Å². The van der Waals surface area contributed by atoms with E-state index >= 15 is 0 Å². The van der Waals surface area contributed by atoms with Gasteiger partial charge in [0, 0.05) is 30.9 Å². The highest BCUT2D eigenvalue weighted by Crippen LogP contribution is 2.39. The van der Waals surface area contributed by atoms with Crippen molar-refractivity contribution in [2.75, 3.05) is 25.5 Å². The molecule has 3 aliphatic rings. The van der Waals surface area contributed by atoms with Crippen molar-refractivity contribution in [1.29, 1.82) is 0 Å². The minimum absolute atomic E-state index is 0.00528. The number of hydrogen-bond acceptors (Lipinski definition) is 8. The molecule has 5 heterocycles. The van der Waals surface area contributed by atoms with Crippen molar-refractivity contribution < 1.29 is 23.5 Å². The lowest BCUT2D eigenvalue weighted by Gasteiger charge is -2.28. The molecule has 0 spiro atoms. The first kappa shape index (κ1) is 21.1. The van der Waals surface area contributed by atoms with Gasteiger partial charge in [0.05, 0.1) is 25.8 Å². The van der Waals surface area contributed by atoms with Crippen LogP contribution in [0.3, 0.4) is 0 Å². The highest BCUT2D eigenvalue weighted by Gasteiger charge is 2.53. The Morgan fingerprint density at radius 3 is 2.83 bits per heavy atom. The molecule has 3 aromatic rings. The number of anilines is 1. The number of fused-ring (bicyclic) bond motifs is 2. The van der Waals surface area contributed by atoms with Crippen LogP contribution in [0.4, 0.5) is 5.82 Å². The van der Waals surface area contributed by atoms with E-state index in [0.717, 1.165) is 11.3 Å². The number of ether oxygens (including phenoxy) is 1. The predicted octanol–water partition coefficient (Wildman–Crippen LogP) is 2.16. The molecule has 3 amide bonds.